The molecule has 6 nitrogen and oxygen atoms in total. The van der Waals surface area contributed by atoms with Gasteiger partial charge < -0.3 is 15.0 Å². The standard InChI is InChI=1S/C30H34N4O2/c35-30(34-17-19-36-20-18-34)26-11-6-10-25-28(24-9-4-5-12-27(24)32-29(25)26)31-23-13-15-33(16-14-23)21-22-7-2-1-3-8-22/h1-12,23,25,28,31H,13-21H2. The first-order valence-electron chi connectivity index (χ1n) is 13.2. The fraction of sp³-hybridized carbons (Fsp3) is 0.400. The minimum atomic E-state index is 0.0484. The van der Waals surface area contributed by atoms with Crippen LogP contribution in [-0.2, 0) is 16.1 Å². The number of likely N-dealkylation sites (tertiary alicyclic amines) is 1. The quantitative estimate of drug-likeness (QED) is 0.699. The first-order valence-corrected chi connectivity index (χ1v) is 13.2. The Labute approximate surface area is 213 Å². The summed E-state index contributed by atoms with van der Waals surface area (Å²) in [4.78, 5) is 23.0. The lowest BCUT2D eigenvalue weighted by atomic mass is 9.79. The maximum absolute atomic E-state index is 13.5. The number of para-hydroxylation sites is 1. The Kier molecular flexibility index (Phi) is 6.81. The third-order valence-electron chi connectivity index (χ3n) is 7.83. The number of carbonyl (C=O) groups excluding carboxylic acids is 1. The summed E-state index contributed by atoms with van der Waals surface area (Å²) in [5, 5.41) is 4.01. The Balaban J connectivity index is 1.18. The van der Waals surface area contributed by atoms with Gasteiger partial charge in [-0.2, -0.15) is 0 Å². The van der Waals surface area contributed by atoms with Crippen LogP contribution in [0.25, 0.3) is 0 Å². The molecular formula is C30H34N4O2. The fourth-order valence-corrected chi connectivity index (χ4v) is 5.87. The summed E-state index contributed by atoms with van der Waals surface area (Å²) in [5.41, 5.74) is 5.19. The number of hydrogen-bond acceptors (Lipinski definition) is 5. The number of rotatable bonds is 5. The number of allylic oxidation sites excluding steroid dienone is 2. The Morgan fingerprint density at radius 2 is 1.72 bits per heavy atom. The normalized spacial score (nSPS) is 24.5. The van der Waals surface area contributed by atoms with Gasteiger partial charge in [-0.1, -0.05) is 60.7 Å². The molecule has 2 fully saturated rings. The Morgan fingerprint density at radius 3 is 2.53 bits per heavy atom. The Hall–Kier alpha value is -3.06. The molecule has 1 N–H and O–H groups in total. The van der Waals surface area contributed by atoms with E-state index in [1.54, 1.807) is 0 Å². The van der Waals surface area contributed by atoms with Crippen LogP contribution in [0.5, 0.6) is 0 Å². The van der Waals surface area contributed by atoms with Crippen molar-refractivity contribution >= 4 is 17.3 Å². The molecule has 2 aromatic rings. The van der Waals surface area contributed by atoms with Crippen molar-refractivity contribution in [1.82, 2.24) is 15.1 Å². The predicted octanol–water partition coefficient (Wildman–Crippen LogP) is 4.04. The summed E-state index contributed by atoms with van der Waals surface area (Å²) in [6.07, 6.45) is 8.43. The number of piperidine rings is 1. The van der Waals surface area contributed by atoms with Crippen LogP contribution in [0.15, 0.2) is 83.4 Å². The van der Waals surface area contributed by atoms with E-state index in [-0.39, 0.29) is 17.9 Å². The average molecular weight is 483 g/mol. The zero-order valence-corrected chi connectivity index (χ0v) is 20.7. The number of ether oxygens (including phenoxy) is 1. The molecule has 2 saturated heterocycles. The van der Waals surface area contributed by atoms with Crippen molar-refractivity contribution in [3.63, 3.8) is 0 Å². The van der Waals surface area contributed by atoms with Gasteiger partial charge >= 0.3 is 0 Å². The summed E-state index contributed by atoms with van der Waals surface area (Å²) in [5.74, 6) is 0.117. The highest BCUT2D eigenvalue weighted by Crippen LogP contribution is 2.41. The van der Waals surface area contributed by atoms with Gasteiger partial charge in [0.1, 0.15) is 0 Å². The highest BCUT2D eigenvalue weighted by Gasteiger charge is 2.38. The van der Waals surface area contributed by atoms with E-state index in [2.05, 4.69) is 64.8 Å². The molecule has 3 heterocycles. The lowest BCUT2D eigenvalue weighted by Gasteiger charge is -2.40. The molecule has 0 aromatic heterocycles. The van der Waals surface area contributed by atoms with Crippen molar-refractivity contribution in [1.29, 1.82) is 0 Å². The maximum atomic E-state index is 13.5. The Morgan fingerprint density at radius 1 is 0.972 bits per heavy atom. The fourth-order valence-electron chi connectivity index (χ4n) is 5.87. The third kappa shape index (κ3) is 4.81. The summed E-state index contributed by atoms with van der Waals surface area (Å²) >= 11 is 0. The molecule has 0 saturated carbocycles. The Bertz CT molecular complexity index is 1170. The van der Waals surface area contributed by atoms with Crippen molar-refractivity contribution in [2.45, 2.75) is 31.5 Å². The highest BCUT2D eigenvalue weighted by molar-refractivity contribution is 6.24. The minimum absolute atomic E-state index is 0.0484. The van der Waals surface area contributed by atoms with Gasteiger partial charge in [-0.15, -0.1) is 0 Å². The van der Waals surface area contributed by atoms with E-state index in [0.717, 1.165) is 49.4 Å². The van der Waals surface area contributed by atoms with Crippen molar-refractivity contribution < 1.29 is 9.53 Å². The smallest absolute Gasteiger partial charge is 0.255 e. The SMILES string of the molecule is O=C(C1=CC=CC2C1=Nc1ccccc1C2NC1CCN(Cc2ccccc2)CC1)N1CCOCC1. The van der Waals surface area contributed by atoms with Crippen LogP contribution in [-0.4, -0.2) is 66.9 Å². The van der Waals surface area contributed by atoms with Crippen LogP contribution in [0.4, 0.5) is 5.69 Å². The third-order valence-corrected chi connectivity index (χ3v) is 7.83. The van der Waals surface area contributed by atoms with Gasteiger partial charge in [-0.05, 0) is 49.2 Å². The molecule has 0 bridgehead atoms. The van der Waals surface area contributed by atoms with Gasteiger partial charge in [0.2, 0.25) is 0 Å². The van der Waals surface area contributed by atoms with Crippen molar-refractivity contribution in [3.8, 4) is 0 Å². The van der Waals surface area contributed by atoms with Crippen LogP contribution in [0.3, 0.4) is 0 Å². The van der Waals surface area contributed by atoms with Gasteiger partial charge in [0.15, 0.2) is 0 Å². The number of benzene rings is 2. The summed E-state index contributed by atoms with van der Waals surface area (Å²) in [7, 11) is 0. The van der Waals surface area contributed by atoms with E-state index in [1.807, 2.05) is 23.1 Å². The van der Waals surface area contributed by atoms with Crippen molar-refractivity contribution in [2.24, 2.45) is 10.9 Å². The first kappa shape index (κ1) is 23.3. The molecule has 186 valence electrons. The minimum Gasteiger partial charge on any atom is -0.378 e. The monoisotopic (exact) mass is 482 g/mol. The van der Waals surface area contributed by atoms with Crippen LogP contribution < -0.4 is 5.32 Å². The van der Waals surface area contributed by atoms with Gasteiger partial charge in [0.05, 0.1) is 30.2 Å². The molecular weight excluding hydrogens is 448 g/mol. The molecule has 36 heavy (non-hydrogen) atoms. The number of amides is 1. The molecule has 2 aromatic carbocycles. The van der Waals surface area contributed by atoms with Crippen molar-refractivity contribution in [2.75, 3.05) is 39.4 Å². The molecule has 0 spiro atoms. The molecule has 2 atom stereocenters. The second-order valence-corrected chi connectivity index (χ2v) is 10.1. The number of hydrogen-bond donors (Lipinski definition) is 1. The topological polar surface area (TPSA) is 57.2 Å². The number of morpholine rings is 1. The number of aliphatic imine (C=N–C) groups is 1. The van der Waals surface area contributed by atoms with Crippen LogP contribution in [0.1, 0.15) is 30.0 Å². The van der Waals surface area contributed by atoms with E-state index in [0.29, 0.717) is 32.3 Å². The van der Waals surface area contributed by atoms with E-state index in [9.17, 15) is 4.79 Å². The number of carbonyl (C=O) groups is 1. The summed E-state index contributed by atoms with van der Waals surface area (Å²) in [6, 6.07) is 19.7. The predicted molar refractivity (Wildman–Crippen MR) is 142 cm³/mol. The maximum Gasteiger partial charge on any atom is 0.255 e. The molecule has 1 amide bonds. The molecule has 1 aliphatic carbocycles. The number of nitrogens with zero attached hydrogens (tertiary/aromatic N) is 3. The van der Waals surface area contributed by atoms with E-state index >= 15 is 0 Å². The highest BCUT2D eigenvalue weighted by atomic mass is 16.5. The first-order chi connectivity index (χ1) is 17.8. The average Bonchev–Trinajstić information content (AvgIpc) is 2.94. The van der Waals surface area contributed by atoms with Crippen molar-refractivity contribution in [3.05, 3.63) is 89.5 Å². The lowest BCUT2D eigenvalue weighted by molar-refractivity contribution is -0.130. The second-order valence-electron chi connectivity index (χ2n) is 10.1. The molecule has 3 aliphatic heterocycles. The molecule has 6 heteroatoms. The molecule has 0 radical (unpaired) electrons. The summed E-state index contributed by atoms with van der Waals surface area (Å²) in [6.45, 7) is 5.66. The molecule has 2 unspecified atom stereocenters. The van der Waals surface area contributed by atoms with Gasteiger partial charge in [0.25, 0.3) is 5.91 Å². The zero-order chi connectivity index (χ0) is 24.3. The van der Waals surface area contributed by atoms with Gasteiger partial charge in [0, 0.05) is 37.6 Å². The van der Waals surface area contributed by atoms with Gasteiger partial charge in [-0.3, -0.25) is 14.7 Å². The summed E-state index contributed by atoms with van der Waals surface area (Å²) < 4.78 is 5.46. The van der Waals surface area contributed by atoms with Crippen LogP contribution >= 0.6 is 0 Å². The number of nitrogens with one attached hydrogen (secondary N) is 1. The van der Waals surface area contributed by atoms with E-state index in [1.165, 1.54) is 11.1 Å². The van der Waals surface area contributed by atoms with Crippen LogP contribution in [0.2, 0.25) is 0 Å². The van der Waals surface area contributed by atoms with Gasteiger partial charge in [-0.25, -0.2) is 0 Å². The molecule has 4 aliphatic rings. The van der Waals surface area contributed by atoms with Crippen LogP contribution in [0, 0.1) is 5.92 Å². The zero-order valence-electron chi connectivity index (χ0n) is 20.7. The molecule has 6 rings (SSSR count). The lowest BCUT2D eigenvalue weighted by Crippen LogP contribution is -2.48. The number of fused-ring (bicyclic) bond motifs is 2. The van der Waals surface area contributed by atoms with E-state index < -0.39 is 0 Å². The van der Waals surface area contributed by atoms with E-state index in [4.69, 9.17) is 9.73 Å². The largest absolute Gasteiger partial charge is 0.378 e. The second kappa shape index (κ2) is 10.5.